The summed E-state index contributed by atoms with van der Waals surface area (Å²) in [4.78, 5) is 20.2. The highest BCUT2D eigenvalue weighted by Crippen LogP contribution is 2.39. The van der Waals surface area contributed by atoms with Gasteiger partial charge in [0.1, 0.15) is 16.8 Å². The Morgan fingerprint density at radius 3 is 1.89 bits per heavy atom. The van der Waals surface area contributed by atoms with Gasteiger partial charge in [-0.15, -0.1) is 0 Å². The highest BCUT2D eigenvalue weighted by molar-refractivity contribution is 6.12. The Morgan fingerprint density at radius 1 is 0.386 bits per heavy atom. The third kappa shape index (κ3) is 4.86. The van der Waals surface area contributed by atoms with E-state index in [1.165, 1.54) is 5.39 Å². The molecule has 0 aliphatic heterocycles. The molecular formula is C50H30N6O. The molecule has 0 fully saturated rings. The zero-order valence-corrected chi connectivity index (χ0v) is 30.4. The minimum atomic E-state index is 0.552. The van der Waals surface area contributed by atoms with Crippen LogP contribution in [0.3, 0.4) is 0 Å². The molecule has 266 valence electrons. The quantitative estimate of drug-likeness (QED) is 0.176. The van der Waals surface area contributed by atoms with E-state index >= 15 is 0 Å². The maximum Gasteiger partial charge on any atom is 0.167 e. The summed E-state index contributed by atoms with van der Waals surface area (Å²) in [6.07, 6.45) is 1.87. The molecule has 7 nitrogen and oxygen atoms in total. The van der Waals surface area contributed by atoms with Gasteiger partial charge in [-0.3, -0.25) is 4.57 Å². The van der Waals surface area contributed by atoms with Gasteiger partial charge in [0.25, 0.3) is 0 Å². The fourth-order valence-electron chi connectivity index (χ4n) is 8.46. The second-order valence-corrected chi connectivity index (χ2v) is 14.3. The molecule has 0 saturated heterocycles. The zero-order valence-electron chi connectivity index (χ0n) is 30.4. The molecule has 0 unspecified atom stereocenters. The van der Waals surface area contributed by atoms with Crippen LogP contribution in [0.25, 0.3) is 111 Å². The molecule has 0 radical (unpaired) electrons. The topological polar surface area (TPSA) is 74.6 Å². The van der Waals surface area contributed by atoms with Crippen molar-refractivity contribution in [1.29, 1.82) is 0 Å². The van der Waals surface area contributed by atoms with Crippen molar-refractivity contribution in [1.82, 2.24) is 29.1 Å². The summed E-state index contributed by atoms with van der Waals surface area (Å²) < 4.78 is 11.1. The van der Waals surface area contributed by atoms with Crippen molar-refractivity contribution in [3.05, 3.63) is 182 Å². The van der Waals surface area contributed by atoms with Gasteiger partial charge in [0.05, 0.1) is 22.1 Å². The molecule has 12 aromatic rings. The van der Waals surface area contributed by atoms with Crippen molar-refractivity contribution in [2.24, 2.45) is 0 Å². The van der Waals surface area contributed by atoms with Crippen molar-refractivity contribution in [3.8, 4) is 45.5 Å². The molecule has 7 aromatic carbocycles. The van der Waals surface area contributed by atoms with Crippen LogP contribution in [-0.2, 0) is 0 Å². The van der Waals surface area contributed by atoms with Crippen LogP contribution in [0.15, 0.2) is 187 Å². The molecule has 0 saturated carbocycles. The van der Waals surface area contributed by atoms with E-state index < -0.39 is 0 Å². The Bertz CT molecular complexity index is 3470. The predicted molar refractivity (Wildman–Crippen MR) is 230 cm³/mol. The molecular weight excluding hydrogens is 701 g/mol. The molecule has 0 atom stereocenters. The standard InChI is InChI=1S/C50H30N6O/c1-3-13-31(14-4-1)47-52-48(54-49(53-47)41-20-11-19-39-38-18-8-10-23-45(38)57-46(39)41)32-24-26-36-37-27-25-34(30-44(37)55(43(36)29-32)33-15-5-2-6-16-33)56-42-22-9-7-17-35(42)40-21-12-28-51-50(40)56/h1-30H. The van der Waals surface area contributed by atoms with Gasteiger partial charge in [-0.25, -0.2) is 19.9 Å². The first kappa shape index (κ1) is 31.5. The first-order chi connectivity index (χ1) is 28.3. The minimum Gasteiger partial charge on any atom is -0.455 e. The lowest BCUT2D eigenvalue weighted by Crippen LogP contribution is -2.01. The Balaban J connectivity index is 1.10. The van der Waals surface area contributed by atoms with Crippen LogP contribution in [0.2, 0.25) is 0 Å². The molecule has 0 aliphatic rings. The van der Waals surface area contributed by atoms with Crippen LogP contribution in [0.5, 0.6) is 0 Å². The van der Waals surface area contributed by atoms with E-state index in [1.54, 1.807) is 0 Å². The van der Waals surface area contributed by atoms with Crippen molar-refractivity contribution in [2.75, 3.05) is 0 Å². The maximum atomic E-state index is 6.46. The van der Waals surface area contributed by atoms with Gasteiger partial charge in [-0.05, 0) is 60.7 Å². The summed E-state index contributed by atoms with van der Waals surface area (Å²) >= 11 is 0. The lowest BCUT2D eigenvalue weighted by Gasteiger charge is -2.11. The van der Waals surface area contributed by atoms with Crippen molar-refractivity contribution in [3.63, 3.8) is 0 Å². The monoisotopic (exact) mass is 730 g/mol. The Kier molecular flexibility index (Phi) is 6.79. The van der Waals surface area contributed by atoms with Gasteiger partial charge in [0.15, 0.2) is 17.5 Å². The number of nitrogens with zero attached hydrogens (tertiary/aromatic N) is 6. The van der Waals surface area contributed by atoms with Crippen LogP contribution < -0.4 is 0 Å². The van der Waals surface area contributed by atoms with Crippen molar-refractivity contribution >= 4 is 65.7 Å². The van der Waals surface area contributed by atoms with Crippen LogP contribution >= 0.6 is 0 Å². The second kappa shape index (κ2) is 12.3. The van der Waals surface area contributed by atoms with E-state index in [4.69, 9.17) is 24.4 Å². The maximum absolute atomic E-state index is 6.46. The number of benzene rings is 7. The molecule has 0 N–H and O–H groups in total. The van der Waals surface area contributed by atoms with E-state index in [0.717, 1.165) is 88.4 Å². The van der Waals surface area contributed by atoms with E-state index in [2.05, 4.69) is 118 Å². The van der Waals surface area contributed by atoms with E-state index in [-0.39, 0.29) is 0 Å². The molecule has 57 heavy (non-hydrogen) atoms. The van der Waals surface area contributed by atoms with E-state index in [1.807, 2.05) is 72.9 Å². The number of furan rings is 1. The summed E-state index contributed by atoms with van der Waals surface area (Å²) in [5, 5.41) is 6.67. The Morgan fingerprint density at radius 2 is 1.04 bits per heavy atom. The minimum absolute atomic E-state index is 0.552. The van der Waals surface area contributed by atoms with E-state index in [9.17, 15) is 0 Å². The highest BCUT2D eigenvalue weighted by Gasteiger charge is 2.21. The molecule has 0 amide bonds. The second-order valence-electron chi connectivity index (χ2n) is 14.3. The number of hydrogen-bond acceptors (Lipinski definition) is 5. The summed E-state index contributed by atoms with van der Waals surface area (Å²) in [5.74, 6) is 1.73. The third-order valence-corrected chi connectivity index (χ3v) is 11.0. The number of para-hydroxylation sites is 4. The van der Waals surface area contributed by atoms with Crippen LogP contribution in [-0.4, -0.2) is 29.1 Å². The molecule has 0 aliphatic carbocycles. The van der Waals surface area contributed by atoms with Crippen LogP contribution in [0.1, 0.15) is 0 Å². The largest absolute Gasteiger partial charge is 0.455 e. The number of aromatic nitrogens is 6. The van der Waals surface area contributed by atoms with Gasteiger partial charge >= 0.3 is 0 Å². The molecule has 5 heterocycles. The fourth-order valence-corrected chi connectivity index (χ4v) is 8.46. The number of hydrogen-bond donors (Lipinski definition) is 0. The normalized spacial score (nSPS) is 11.9. The van der Waals surface area contributed by atoms with Gasteiger partial charge < -0.3 is 8.98 Å². The zero-order chi connectivity index (χ0) is 37.5. The predicted octanol–water partition coefficient (Wildman–Crippen LogP) is 12.4. The first-order valence-electron chi connectivity index (χ1n) is 19.0. The molecule has 12 rings (SSSR count). The summed E-state index contributed by atoms with van der Waals surface area (Å²) in [7, 11) is 0. The fraction of sp³-hybridized carbons (Fsp3) is 0. The average Bonchev–Trinajstić information content (AvgIpc) is 3.94. The van der Waals surface area contributed by atoms with Crippen LogP contribution in [0, 0.1) is 0 Å². The Hall–Kier alpha value is -7.90. The number of fused-ring (bicyclic) bond motifs is 9. The summed E-state index contributed by atoms with van der Waals surface area (Å²) in [5.41, 5.74) is 10.5. The van der Waals surface area contributed by atoms with Gasteiger partial charge in [0, 0.05) is 61.0 Å². The molecule has 5 aromatic heterocycles. The average molecular weight is 731 g/mol. The molecule has 7 heteroatoms. The van der Waals surface area contributed by atoms with Crippen molar-refractivity contribution < 1.29 is 4.42 Å². The smallest absolute Gasteiger partial charge is 0.167 e. The number of rotatable bonds is 5. The van der Waals surface area contributed by atoms with Gasteiger partial charge in [0.2, 0.25) is 0 Å². The number of pyridine rings is 1. The highest BCUT2D eigenvalue weighted by atomic mass is 16.3. The molecule has 0 bridgehead atoms. The summed E-state index contributed by atoms with van der Waals surface area (Å²) in [6, 6.07) is 60.8. The molecule has 0 spiro atoms. The van der Waals surface area contributed by atoms with Gasteiger partial charge in [-0.1, -0.05) is 115 Å². The van der Waals surface area contributed by atoms with Crippen LogP contribution in [0.4, 0.5) is 0 Å². The third-order valence-electron chi connectivity index (χ3n) is 11.0. The lowest BCUT2D eigenvalue weighted by atomic mass is 10.1. The summed E-state index contributed by atoms with van der Waals surface area (Å²) in [6.45, 7) is 0. The Labute approximate surface area is 325 Å². The van der Waals surface area contributed by atoms with E-state index in [0.29, 0.717) is 17.5 Å². The van der Waals surface area contributed by atoms with Gasteiger partial charge in [-0.2, -0.15) is 0 Å². The first-order valence-corrected chi connectivity index (χ1v) is 19.0. The van der Waals surface area contributed by atoms with Crippen molar-refractivity contribution in [2.45, 2.75) is 0 Å². The SMILES string of the molecule is c1ccc(-c2nc(-c3ccc4c5ccc(-n6c7ccccc7c7cccnc76)cc5n(-c5ccccc5)c4c3)nc(-c3cccc4c3oc3ccccc34)n2)cc1. The lowest BCUT2D eigenvalue weighted by molar-refractivity contribution is 0.669.